The van der Waals surface area contributed by atoms with Crippen molar-refractivity contribution in [1.82, 2.24) is 5.32 Å². The SMILES string of the molecule is CC(C)(CO)CNC1CC(C)(C)OC1(C)C. The van der Waals surface area contributed by atoms with Gasteiger partial charge in [-0.25, -0.2) is 0 Å². The van der Waals surface area contributed by atoms with Crippen LogP contribution >= 0.6 is 0 Å². The van der Waals surface area contributed by atoms with Gasteiger partial charge < -0.3 is 15.2 Å². The van der Waals surface area contributed by atoms with E-state index in [4.69, 9.17) is 4.74 Å². The van der Waals surface area contributed by atoms with Crippen LogP contribution < -0.4 is 5.32 Å². The molecular formula is C13H27NO2. The molecule has 1 unspecified atom stereocenters. The van der Waals surface area contributed by atoms with Crippen molar-refractivity contribution in [2.45, 2.75) is 65.2 Å². The lowest BCUT2D eigenvalue weighted by Gasteiger charge is -2.31. The lowest BCUT2D eigenvalue weighted by Crippen LogP contribution is -2.47. The summed E-state index contributed by atoms with van der Waals surface area (Å²) < 4.78 is 6.02. The first kappa shape index (κ1) is 13.9. The van der Waals surface area contributed by atoms with Crippen LogP contribution in [0, 0.1) is 5.41 Å². The molecule has 0 aromatic carbocycles. The van der Waals surface area contributed by atoms with Crippen LogP contribution in [0.15, 0.2) is 0 Å². The molecule has 3 nitrogen and oxygen atoms in total. The largest absolute Gasteiger partial charge is 0.396 e. The van der Waals surface area contributed by atoms with Crippen LogP contribution in [0.1, 0.15) is 48.0 Å². The highest BCUT2D eigenvalue weighted by atomic mass is 16.5. The van der Waals surface area contributed by atoms with Gasteiger partial charge in [-0.1, -0.05) is 13.8 Å². The Balaban J connectivity index is 2.55. The molecule has 0 spiro atoms. The first-order valence-electron chi connectivity index (χ1n) is 6.12. The van der Waals surface area contributed by atoms with Crippen molar-refractivity contribution < 1.29 is 9.84 Å². The van der Waals surface area contributed by atoms with Gasteiger partial charge in [-0.15, -0.1) is 0 Å². The van der Waals surface area contributed by atoms with Crippen molar-refractivity contribution >= 4 is 0 Å². The molecule has 1 saturated heterocycles. The number of rotatable bonds is 4. The van der Waals surface area contributed by atoms with Crippen LogP contribution in [0.5, 0.6) is 0 Å². The van der Waals surface area contributed by atoms with Gasteiger partial charge >= 0.3 is 0 Å². The monoisotopic (exact) mass is 229 g/mol. The molecule has 1 atom stereocenters. The summed E-state index contributed by atoms with van der Waals surface area (Å²) >= 11 is 0. The Morgan fingerprint density at radius 2 is 1.88 bits per heavy atom. The standard InChI is InChI=1S/C13H27NO2/c1-11(2,9-15)8-14-10-7-12(3,4)16-13(10,5)6/h10,14-15H,7-9H2,1-6H3. The molecule has 1 heterocycles. The van der Waals surface area contributed by atoms with Crippen molar-refractivity contribution in [2.24, 2.45) is 5.41 Å². The summed E-state index contributed by atoms with van der Waals surface area (Å²) in [6, 6.07) is 0.355. The minimum absolute atomic E-state index is 0.0511. The first-order chi connectivity index (χ1) is 7.08. The molecule has 16 heavy (non-hydrogen) atoms. The molecule has 3 heteroatoms. The van der Waals surface area contributed by atoms with E-state index in [9.17, 15) is 5.11 Å². The van der Waals surface area contributed by atoms with Crippen molar-refractivity contribution in [1.29, 1.82) is 0 Å². The van der Waals surface area contributed by atoms with Crippen LogP contribution in [0.2, 0.25) is 0 Å². The highest BCUT2D eigenvalue weighted by Gasteiger charge is 2.45. The van der Waals surface area contributed by atoms with Gasteiger partial charge in [-0.05, 0) is 34.1 Å². The van der Waals surface area contributed by atoms with E-state index in [-0.39, 0.29) is 23.2 Å². The maximum Gasteiger partial charge on any atom is 0.0787 e. The lowest BCUT2D eigenvalue weighted by atomic mass is 9.90. The van der Waals surface area contributed by atoms with Crippen LogP contribution in [0.4, 0.5) is 0 Å². The van der Waals surface area contributed by atoms with Crippen molar-refractivity contribution in [3.63, 3.8) is 0 Å². The summed E-state index contributed by atoms with van der Waals surface area (Å²) in [5, 5.41) is 12.8. The van der Waals surface area contributed by atoms with Gasteiger partial charge in [-0.3, -0.25) is 0 Å². The van der Waals surface area contributed by atoms with Crippen molar-refractivity contribution in [3.05, 3.63) is 0 Å². The fourth-order valence-corrected chi connectivity index (χ4v) is 2.34. The van der Waals surface area contributed by atoms with Crippen molar-refractivity contribution in [3.8, 4) is 0 Å². The Kier molecular flexibility index (Phi) is 3.73. The van der Waals surface area contributed by atoms with E-state index in [0.717, 1.165) is 13.0 Å². The van der Waals surface area contributed by atoms with E-state index in [2.05, 4.69) is 46.9 Å². The van der Waals surface area contributed by atoms with Gasteiger partial charge in [0.25, 0.3) is 0 Å². The molecule has 0 saturated carbocycles. The minimum Gasteiger partial charge on any atom is -0.396 e. The third-order valence-corrected chi connectivity index (χ3v) is 3.33. The Labute approximate surface area is 99.6 Å². The number of hydrogen-bond donors (Lipinski definition) is 2. The molecule has 1 fully saturated rings. The van der Waals surface area contributed by atoms with E-state index in [1.54, 1.807) is 0 Å². The number of aliphatic hydroxyl groups is 1. The zero-order chi connectivity index (χ0) is 12.6. The average molecular weight is 229 g/mol. The van der Waals surface area contributed by atoms with Gasteiger partial charge in [0.1, 0.15) is 0 Å². The summed E-state index contributed by atoms with van der Waals surface area (Å²) in [7, 11) is 0. The number of hydrogen-bond acceptors (Lipinski definition) is 3. The normalized spacial score (nSPS) is 28.3. The maximum absolute atomic E-state index is 9.23. The Bertz CT molecular complexity index is 246. The zero-order valence-corrected chi connectivity index (χ0v) is 11.6. The van der Waals surface area contributed by atoms with Gasteiger partial charge in [-0.2, -0.15) is 0 Å². The highest BCUT2D eigenvalue weighted by Crippen LogP contribution is 2.37. The second-order valence-corrected chi connectivity index (χ2v) is 6.93. The summed E-state index contributed by atoms with van der Waals surface area (Å²) in [6.45, 7) is 13.7. The van der Waals surface area contributed by atoms with Crippen LogP contribution in [-0.2, 0) is 4.74 Å². The minimum atomic E-state index is -0.130. The summed E-state index contributed by atoms with van der Waals surface area (Å²) in [5.41, 5.74) is -0.248. The third-order valence-electron chi connectivity index (χ3n) is 3.33. The Hall–Kier alpha value is -0.120. The number of aliphatic hydroxyl groups excluding tert-OH is 1. The topological polar surface area (TPSA) is 41.5 Å². The quantitative estimate of drug-likeness (QED) is 0.774. The molecule has 0 amide bonds. The predicted molar refractivity (Wildman–Crippen MR) is 66.5 cm³/mol. The van der Waals surface area contributed by atoms with E-state index in [1.807, 2.05) is 0 Å². The zero-order valence-electron chi connectivity index (χ0n) is 11.6. The second-order valence-electron chi connectivity index (χ2n) is 6.93. The van der Waals surface area contributed by atoms with E-state index < -0.39 is 0 Å². The molecule has 1 aliphatic rings. The smallest absolute Gasteiger partial charge is 0.0787 e. The molecule has 0 aromatic rings. The van der Waals surface area contributed by atoms with Gasteiger partial charge in [0.15, 0.2) is 0 Å². The van der Waals surface area contributed by atoms with E-state index in [1.165, 1.54) is 0 Å². The molecule has 0 aromatic heterocycles. The fraction of sp³-hybridized carbons (Fsp3) is 1.00. The molecule has 0 radical (unpaired) electrons. The summed E-state index contributed by atoms with van der Waals surface area (Å²) in [4.78, 5) is 0. The highest BCUT2D eigenvalue weighted by molar-refractivity contribution is 4.99. The third kappa shape index (κ3) is 3.44. The molecule has 2 N–H and O–H groups in total. The maximum atomic E-state index is 9.23. The summed E-state index contributed by atoms with van der Waals surface area (Å²) in [5.74, 6) is 0. The predicted octanol–water partition coefficient (Wildman–Crippen LogP) is 1.94. The Morgan fingerprint density at radius 1 is 1.31 bits per heavy atom. The molecular weight excluding hydrogens is 202 g/mol. The second kappa shape index (κ2) is 4.28. The number of ether oxygens (including phenoxy) is 1. The van der Waals surface area contributed by atoms with Crippen LogP contribution in [0.25, 0.3) is 0 Å². The van der Waals surface area contributed by atoms with Crippen molar-refractivity contribution in [2.75, 3.05) is 13.2 Å². The average Bonchev–Trinajstić information content (AvgIpc) is 2.31. The molecule has 0 aliphatic carbocycles. The van der Waals surface area contributed by atoms with Crippen LogP contribution in [-0.4, -0.2) is 35.5 Å². The van der Waals surface area contributed by atoms with Gasteiger partial charge in [0, 0.05) is 24.6 Å². The molecule has 0 bridgehead atoms. The fourth-order valence-electron chi connectivity index (χ4n) is 2.34. The summed E-state index contributed by atoms with van der Waals surface area (Å²) in [6.07, 6.45) is 1.02. The Morgan fingerprint density at radius 3 is 2.25 bits per heavy atom. The number of nitrogens with one attached hydrogen (secondary N) is 1. The molecule has 1 aliphatic heterocycles. The van der Waals surface area contributed by atoms with E-state index in [0.29, 0.717) is 6.04 Å². The first-order valence-corrected chi connectivity index (χ1v) is 6.12. The van der Waals surface area contributed by atoms with Crippen LogP contribution in [0.3, 0.4) is 0 Å². The van der Waals surface area contributed by atoms with E-state index >= 15 is 0 Å². The lowest BCUT2D eigenvalue weighted by molar-refractivity contribution is -0.0703. The van der Waals surface area contributed by atoms with Gasteiger partial charge in [0.05, 0.1) is 11.2 Å². The molecule has 1 rings (SSSR count). The van der Waals surface area contributed by atoms with Gasteiger partial charge in [0.2, 0.25) is 0 Å². The molecule has 96 valence electrons.